The third kappa shape index (κ3) is 1.58. The van der Waals surface area contributed by atoms with Gasteiger partial charge in [-0.2, -0.15) is 0 Å². The molecule has 3 heteroatoms. The molecule has 1 saturated carbocycles. The number of anilines is 1. The van der Waals surface area contributed by atoms with E-state index >= 15 is 0 Å². The van der Waals surface area contributed by atoms with E-state index in [4.69, 9.17) is 0 Å². The molecule has 1 aliphatic heterocycles. The third-order valence-electron chi connectivity index (χ3n) is 3.91. The summed E-state index contributed by atoms with van der Waals surface area (Å²) in [6.07, 6.45) is 5.09. The van der Waals surface area contributed by atoms with E-state index in [1.54, 1.807) is 0 Å². The molecule has 0 amide bonds. The summed E-state index contributed by atoms with van der Waals surface area (Å²) in [5, 5.41) is 0. The summed E-state index contributed by atoms with van der Waals surface area (Å²) in [5.74, 6) is 3.07. The number of fused-ring (bicyclic) bond motifs is 2. The first kappa shape index (κ1) is 10.1. The minimum atomic E-state index is 0.754. The lowest BCUT2D eigenvalue weighted by molar-refractivity contribution is 0.549. The fourth-order valence-electron chi connectivity index (χ4n) is 3.12. The molecule has 1 aromatic rings. The molecule has 0 spiro atoms. The maximum atomic E-state index is 4.67. The summed E-state index contributed by atoms with van der Waals surface area (Å²) < 4.78 is 0. The monoisotopic (exact) mass is 217 g/mol. The average Bonchev–Trinajstić information content (AvgIpc) is 2.89. The van der Waals surface area contributed by atoms with Crippen molar-refractivity contribution in [3.63, 3.8) is 0 Å². The van der Waals surface area contributed by atoms with Crippen molar-refractivity contribution in [2.75, 3.05) is 11.4 Å². The molecular formula is C13H19N3. The van der Waals surface area contributed by atoms with Crippen molar-refractivity contribution in [1.29, 1.82) is 0 Å². The molecule has 3 rings (SSSR count). The fraction of sp³-hybridized carbons (Fsp3) is 0.692. The summed E-state index contributed by atoms with van der Waals surface area (Å²) in [6.45, 7) is 5.40. The highest BCUT2D eigenvalue weighted by Gasteiger charge is 2.38. The molecule has 86 valence electrons. The maximum absolute atomic E-state index is 4.67. The van der Waals surface area contributed by atoms with Crippen LogP contribution < -0.4 is 4.90 Å². The predicted molar refractivity (Wildman–Crippen MR) is 64.6 cm³/mol. The first-order valence-corrected chi connectivity index (χ1v) is 6.37. The van der Waals surface area contributed by atoms with Gasteiger partial charge in [0, 0.05) is 30.8 Å². The maximum Gasteiger partial charge on any atom is 0.132 e. The van der Waals surface area contributed by atoms with Gasteiger partial charge < -0.3 is 4.90 Å². The standard InChI is InChI=1S/C13H19N3/c1-3-12-14-9(2)6-13(15-12)16-8-10-4-5-11(16)7-10/h6,10-11H,3-5,7-8H2,1-2H3/t10-,11-/m0/s1. The van der Waals surface area contributed by atoms with Crippen LogP contribution in [0.15, 0.2) is 6.07 Å². The van der Waals surface area contributed by atoms with E-state index in [2.05, 4.69) is 34.8 Å². The van der Waals surface area contributed by atoms with Gasteiger partial charge in [0.25, 0.3) is 0 Å². The van der Waals surface area contributed by atoms with Gasteiger partial charge in [0.1, 0.15) is 11.6 Å². The minimum absolute atomic E-state index is 0.754. The van der Waals surface area contributed by atoms with Gasteiger partial charge in [0.15, 0.2) is 0 Å². The second-order valence-electron chi connectivity index (χ2n) is 5.12. The van der Waals surface area contributed by atoms with Crippen molar-refractivity contribution in [1.82, 2.24) is 9.97 Å². The Kier molecular flexibility index (Phi) is 2.34. The number of rotatable bonds is 2. The Hall–Kier alpha value is -1.12. The van der Waals surface area contributed by atoms with Gasteiger partial charge in [-0.3, -0.25) is 0 Å². The van der Waals surface area contributed by atoms with Crippen LogP contribution in [0.3, 0.4) is 0 Å². The SMILES string of the molecule is CCc1nc(C)cc(N2C[C@H]3CC[C@H]2C3)n1. The highest BCUT2D eigenvalue weighted by molar-refractivity contribution is 5.43. The van der Waals surface area contributed by atoms with Crippen LogP contribution in [0, 0.1) is 12.8 Å². The lowest BCUT2D eigenvalue weighted by Gasteiger charge is -2.28. The minimum Gasteiger partial charge on any atom is -0.353 e. The molecule has 0 unspecified atom stereocenters. The molecule has 3 nitrogen and oxygen atoms in total. The first-order valence-electron chi connectivity index (χ1n) is 6.37. The van der Waals surface area contributed by atoms with E-state index in [0.29, 0.717) is 0 Å². The molecular weight excluding hydrogens is 198 g/mol. The lowest BCUT2D eigenvalue weighted by Crippen LogP contribution is -2.32. The molecule has 2 atom stereocenters. The molecule has 0 aromatic carbocycles. The molecule has 1 saturated heterocycles. The van der Waals surface area contributed by atoms with Crippen molar-refractivity contribution in [3.8, 4) is 0 Å². The molecule has 0 N–H and O–H groups in total. The van der Waals surface area contributed by atoms with Crippen LogP contribution >= 0.6 is 0 Å². The topological polar surface area (TPSA) is 29.0 Å². The van der Waals surface area contributed by atoms with Crippen LogP contribution in [0.1, 0.15) is 37.7 Å². The highest BCUT2D eigenvalue weighted by Crippen LogP contribution is 2.39. The molecule has 0 radical (unpaired) electrons. The van der Waals surface area contributed by atoms with E-state index < -0.39 is 0 Å². The zero-order valence-electron chi connectivity index (χ0n) is 10.1. The van der Waals surface area contributed by atoms with Crippen LogP contribution in [0.25, 0.3) is 0 Å². The Bertz CT molecular complexity index is 402. The number of piperidine rings is 1. The number of hydrogen-bond acceptors (Lipinski definition) is 3. The predicted octanol–water partition coefficient (Wildman–Crippen LogP) is 2.34. The largest absolute Gasteiger partial charge is 0.353 e. The van der Waals surface area contributed by atoms with Gasteiger partial charge in [-0.15, -0.1) is 0 Å². The third-order valence-corrected chi connectivity index (χ3v) is 3.91. The van der Waals surface area contributed by atoms with E-state index in [-0.39, 0.29) is 0 Å². The second-order valence-corrected chi connectivity index (χ2v) is 5.12. The van der Waals surface area contributed by atoms with Crippen LogP contribution in [0.2, 0.25) is 0 Å². The Labute approximate surface area is 96.9 Å². The normalized spacial score (nSPS) is 27.8. The second kappa shape index (κ2) is 3.72. The molecule has 1 aromatic heterocycles. The number of hydrogen-bond donors (Lipinski definition) is 0. The Morgan fingerprint density at radius 1 is 1.38 bits per heavy atom. The number of nitrogens with zero attached hydrogens (tertiary/aromatic N) is 3. The molecule has 2 bridgehead atoms. The summed E-state index contributed by atoms with van der Waals surface area (Å²) in [5.41, 5.74) is 1.10. The van der Waals surface area contributed by atoms with Crippen molar-refractivity contribution >= 4 is 5.82 Å². The Morgan fingerprint density at radius 2 is 2.25 bits per heavy atom. The van der Waals surface area contributed by atoms with Crippen molar-refractivity contribution in [3.05, 3.63) is 17.6 Å². The zero-order valence-corrected chi connectivity index (χ0v) is 10.1. The van der Waals surface area contributed by atoms with Gasteiger partial charge in [-0.1, -0.05) is 6.92 Å². The zero-order chi connectivity index (χ0) is 11.1. The van der Waals surface area contributed by atoms with Gasteiger partial charge >= 0.3 is 0 Å². The van der Waals surface area contributed by atoms with Crippen LogP contribution in [0.5, 0.6) is 0 Å². The van der Waals surface area contributed by atoms with Gasteiger partial charge in [0.05, 0.1) is 0 Å². The summed E-state index contributed by atoms with van der Waals surface area (Å²) in [4.78, 5) is 11.6. The molecule has 2 heterocycles. The van der Waals surface area contributed by atoms with Crippen molar-refractivity contribution in [2.24, 2.45) is 5.92 Å². The molecule has 1 aliphatic carbocycles. The van der Waals surface area contributed by atoms with Crippen LogP contribution in [-0.4, -0.2) is 22.6 Å². The quantitative estimate of drug-likeness (QED) is 0.761. The van der Waals surface area contributed by atoms with Gasteiger partial charge in [-0.25, -0.2) is 9.97 Å². The van der Waals surface area contributed by atoms with E-state index in [0.717, 1.165) is 35.7 Å². The molecule has 2 aliphatic rings. The first-order chi connectivity index (χ1) is 7.76. The Balaban J connectivity index is 1.91. The fourth-order valence-corrected chi connectivity index (χ4v) is 3.12. The molecule has 16 heavy (non-hydrogen) atoms. The molecule has 2 fully saturated rings. The smallest absolute Gasteiger partial charge is 0.132 e. The van der Waals surface area contributed by atoms with Gasteiger partial charge in [0.2, 0.25) is 0 Å². The number of aromatic nitrogens is 2. The van der Waals surface area contributed by atoms with Crippen LogP contribution in [-0.2, 0) is 6.42 Å². The summed E-state index contributed by atoms with van der Waals surface area (Å²) >= 11 is 0. The Morgan fingerprint density at radius 3 is 2.88 bits per heavy atom. The average molecular weight is 217 g/mol. The van der Waals surface area contributed by atoms with Crippen molar-refractivity contribution < 1.29 is 0 Å². The van der Waals surface area contributed by atoms with Gasteiger partial charge in [-0.05, 0) is 32.1 Å². The highest BCUT2D eigenvalue weighted by atomic mass is 15.3. The summed E-state index contributed by atoms with van der Waals surface area (Å²) in [6, 6.07) is 2.89. The van der Waals surface area contributed by atoms with E-state index in [1.165, 1.54) is 25.8 Å². The lowest BCUT2D eigenvalue weighted by atomic mass is 10.1. The van der Waals surface area contributed by atoms with Crippen molar-refractivity contribution in [2.45, 2.75) is 45.6 Å². The van der Waals surface area contributed by atoms with E-state index in [1.807, 2.05) is 0 Å². The van der Waals surface area contributed by atoms with E-state index in [9.17, 15) is 0 Å². The number of aryl methyl sites for hydroxylation is 2. The summed E-state index contributed by atoms with van der Waals surface area (Å²) in [7, 11) is 0. The van der Waals surface area contributed by atoms with Crippen LogP contribution in [0.4, 0.5) is 5.82 Å².